The van der Waals surface area contributed by atoms with Crippen molar-refractivity contribution in [3.63, 3.8) is 0 Å². The number of benzene rings is 3. The third kappa shape index (κ3) is 11.2. The Morgan fingerprint density at radius 3 is 2.36 bits per heavy atom. The first-order chi connectivity index (χ1) is 33.3. The van der Waals surface area contributed by atoms with Gasteiger partial charge in [-0.15, -0.1) is 0 Å². The highest BCUT2D eigenvalue weighted by Gasteiger charge is 2.35. The normalized spacial score (nSPS) is 18.0. The molecule has 3 amide bonds. The van der Waals surface area contributed by atoms with Gasteiger partial charge in [0.1, 0.15) is 35.9 Å². The quantitative estimate of drug-likeness (QED) is 0.0326. The number of aryl methyl sites for hydroxylation is 1. The fourth-order valence-electron chi connectivity index (χ4n) is 9.63. The van der Waals surface area contributed by atoms with E-state index < -0.39 is 42.1 Å². The average molecular weight is 1050 g/mol. The van der Waals surface area contributed by atoms with E-state index in [4.69, 9.17) is 9.72 Å². The molecule has 70 heavy (non-hydrogen) atoms. The second-order valence-corrected chi connectivity index (χ2v) is 23.1. The van der Waals surface area contributed by atoms with Crippen LogP contribution in [0, 0.1) is 17.6 Å². The SMILES string of the molecule is CCc1cc(Nc2ncc(Br)c(Nc3ccc4nc(C(C)(C)O)ccc4c3P(C)(C)=O)n2)c(OC)cc1N1CCC(NCCNC(=O)[C@@H]2CCN(c3cc(F)c(C4CCC(=O)NC4=O)c(F)c3)C2)CC1. The molecule has 8 rings (SSSR count). The maximum Gasteiger partial charge on any atom is 0.234 e. The molecule has 2 atom stereocenters. The van der Waals surface area contributed by atoms with Gasteiger partial charge in [-0.05, 0) is 117 Å². The third-order valence-electron chi connectivity index (χ3n) is 13.3. The molecule has 16 nitrogen and oxygen atoms in total. The van der Waals surface area contributed by atoms with Crippen LogP contribution in [0.4, 0.5) is 43.3 Å². The van der Waals surface area contributed by atoms with Gasteiger partial charge in [0.05, 0.1) is 46.0 Å². The Hall–Kier alpha value is -5.75. The van der Waals surface area contributed by atoms with Crippen molar-refractivity contribution in [1.29, 1.82) is 0 Å². The van der Waals surface area contributed by atoms with E-state index in [0.717, 1.165) is 49.0 Å². The van der Waals surface area contributed by atoms with E-state index in [0.29, 0.717) is 88.2 Å². The van der Waals surface area contributed by atoms with Gasteiger partial charge >= 0.3 is 0 Å². The minimum absolute atomic E-state index is 0.0169. The van der Waals surface area contributed by atoms with Crippen molar-refractivity contribution in [1.82, 2.24) is 30.9 Å². The zero-order chi connectivity index (χ0) is 50.1. The molecule has 3 aliphatic heterocycles. The maximum atomic E-state index is 15.2. The third-order valence-corrected chi connectivity index (χ3v) is 15.4. The largest absolute Gasteiger partial charge is 0.494 e. The number of hydrogen-bond acceptors (Lipinski definition) is 14. The van der Waals surface area contributed by atoms with Crippen molar-refractivity contribution >= 4 is 91.5 Å². The number of aliphatic hydroxyl groups is 1. The van der Waals surface area contributed by atoms with E-state index in [1.165, 1.54) is 12.1 Å². The molecule has 5 aromatic rings. The Balaban J connectivity index is 0.840. The van der Waals surface area contributed by atoms with Crippen molar-refractivity contribution in [3.8, 4) is 5.75 Å². The zero-order valence-corrected chi connectivity index (χ0v) is 42.7. The minimum Gasteiger partial charge on any atom is -0.494 e. The number of rotatable bonds is 16. The Kier molecular flexibility index (Phi) is 15.1. The number of hydrogen-bond donors (Lipinski definition) is 6. The molecule has 3 fully saturated rings. The topological polar surface area (TPSA) is 203 Å². The second-order valence-electron chi connectivity index (χ2n) is 19.1. The molecule has 20 heteroatoms. The van der Waals surface area contributed by atoms with E-state index >= 15 is 8.78 Å². The molecule has 0 saturated carbocycles. The van der Waals surface area contributed by atoms with Crippen molar-refractivity contribution in [2.75, 3.05) is 80.1 Å². The molecule has 0 radical (unpaired) electrons. The highest BCUT2D eigenvalue weighted by Crippen LogP contribution is 2.43. The fourth-order valence-corrected chi connectivity index (χ4v) is 11.4. The minimum atomic E-state index is -2.85. The standard InChI is InChI=1S/C50H60BrF2N10O6P/c1-7-28-22-39(59-49-56-26-34(51)46(61-49)58-38-11-10-37-32(45(38)70(5,6)68)8-12-42(57-37)50(2,3)67)41(69-4)25-40(28)62-20-15-30(16-21-62)54-17-18-55-47(65)29-14-19-63(27-29)31-23-35(52)44(36(53)24-31)33-9-13-43(64)60-48(33)66/h8,10-12,22-26,29-30,33,54,67H,7,9,13-21,27H2,1-6H3,(H,55,65)(H,60,64,66)(H2,56,58,59,61)/t29-,33?/m1/s1. The number of carbonyl (C=O) groups is 3. The molecular weight excluding hydrogens is 985 g/mol. The average Bonchev–Trinajstić information content (AvgIpc) is 3.82. The number of anilines is 6. The van der Waals surface area contributed by atoms with Crippen LogP contribution in [0.5, 0.6) is 5.75 Å². The van der Waals surface area contributed by atoms with E-state index in [9.17, 15) is 24.1 Å². The Bertz CT molecular complexity index is 2850. The van der Waals surface area contributed by atoms with Crippen molar-refractivity contribution < 1.29 is 37.6 Å². The number of amides is 3. The number of piperidine rings is 2. The summed E-state index contributed by atoms with van der Waals surface area (Å²) in [5.41, 5.74) is 3.53. The van der Waals surface area contributed by atoms with E-state index in [2.05, 4.69) is 76.4 Å². The van der Waals surface area contributed by atoms with Gasteiger partial charge in [-0.3, -0.25) is 19.7 Å². The van der Waals surface area contributed by atoms with Crippen LogP contribution in [0.1, 0.15) is 75.6 Å². The Labute approximate surface area is 414 Å². The summed E-state index contributed by atoms with van der Waals surface area (Å²) >= 11 is 3.59. The first kappa shape index (κ1) is 50.6. The lowest BCUT2D eigenvalue weighted by Gasteiger charge is -2.35. The number of fused-ring (bicyclic) bond motifs is 1. The van der Waals surface area contributed by atoms with Crippen LogP contribution < -0.4 is 46.4 Å². The summed E-state index contributed by atoms with van der Waals surface area (Å²) in [5, 5.41) is 27.4. The Morgan fingerprint density at radius 2 is 1.69 bits per heavy atom. The molecule has 0 bridgehead atoms. The number of aromatic nitrogens is 3. The van der Waals surface area contributed by atoms with Crippen LogP contribution >= 0.6 is 23.1 Å². The molecule has 0 aliphatic carbocycles. The summed E-state index contributed by atoms with van der Waals surface area (Å²) in [6, 6.07) is 14.1. The highest BCUT2D eigenvalue weighted by atomic mass is 79.9. The van der Waals surface area contributed by atoms with Gasteiger partial charge in [-0.2, -0.15) is 4.98 Å². The summed E-state index contributed by atoms with van der Waals surface area (Å²) in [6.07, 6.45) is 4.82. The van der Waals surface area contributed by atoms with Gasteiger partial charge in [-0.1, -0.05) is 13.0 Å². The van der Waals surface area contributed by atoms with Crippen molar-refractivity contribution in [3.05, 3.63) is 87.7 Å². The molecule has 3 saturated heterocycles. The van der Waals surface area contributed by atoms with Gasteiger partial charge in [-0.25, -0.2) is 18.7 Å². The first-order valence-electron chi connectivity index (χ1n) is 23.6. The summed E-state index contributed by atoms with van der Waals surface area (Å²) in [6.45, 7) is 12.4. The number of ether oxygens (including phenoxy) is 1. The van der Waals surface area contributed by atoms with E-state index in [1.807, 2.05) is 18.2 Å². The predicted octanol–water partition coefficient (Wildman–Crippen LogP) is 7.32. The summed E-state index contributed by atoms with van der Waals surface area (Å²) < 4.78 is 50.7. The summed E-state index contributed by atoms with van der Waals surface area (Å²) in [4.78, 5) is 55.1. The van der Waals surface area contributed by atoms with Gasteiger partial charge < -0.3 is 45.5 Å². The molecular formula is C50H60BrF2N10O6P. The molecule has 372 valence electrons. The van der Waals surface area contributed by atoms with Gasteiger partial charge in [0, 0.05) is 91.6 Å². The Morgan fingerprint density at radius 1 is 0.957 bits per heavy atom. The van der Waals surface area contributed by atoms with Crippen LogP contribution in [0.3, 0.4) is 0 Å². The molecule has 6 N–H and O–H groups in total. The van der Waals surface area contributed by atoms with Crippen LogP contribution in [0.2, 0.25) is 0 Å². The summed E-state index contributed by atoms with van der Waals surface area (Å²) in [5.74, 6) is -2.93. The molecule has 0 spiro atoms. The molecule has 2 aromatic heterocycles. The van der Waals surface area contributed by atoms with Crippen LogP contribution in [0.25, 0.3) is 10.9 Å². The number of pyridine rings is 1. The lowest BCUT2D eigenvalue weighted by atomic mass is 9.89. The van der Waals surface area contributed by atoms with E-state index in [-0.39, 0.29) is 36.3 Å². The molecule has 3 aromatic carbocycles. The lowest BCUT2D eigenvalue weighted by Crippen LogP contribution is -2.45. The summed E-state index contributed by atoms with van der Waals surface area (Å²) in [7, 11) is -1.22. The number of halogens is 3. The number of methoxy groups -OCH3 is 1. The molecule has 1 unspecified atom stereocenters. The molecule has 5 heterocycles. The van der Waals surface area contributed by atoms with Crippen LogP contribution in [0.15, 0.2) is 59.2 Å². The van der Waals surface area contributed by atoms with Gasteiger partial charge in [0.25, 0.3) is 0 Å². The maximum absolute atomic E-state index is 15.2. The fraction of sp³-hybridized carbons (Fsp3) is 0.440. The number of nitrogens with one attached hydrogen (secondary N) is 5. The predicted molar refractivity (Wildman–Crippen MR) is 273 cm³/mol. The number of carbonyl (C=O) groups excluding carboxylic acids is 3. The van der Waals surface area contributed by atoms with Crippen LogP contribution in [-0.2, 0) is 31.0 Å². The van der Waals surface area contributed by atoms with Gasteiger partial charge in [0.2, 0.25) is 23.7 Å². The monoisotopic (exact) mass is 1040 g/mol. The number of imide groups is 1. The van der Waals surface area contributed by atoms with Crippen molar-refractivity contribution in [2.45, 2.75) is 76.9 Å². The van der Waals surface area contributed by atoms with Crippen LogP contribution in [-0.4, -0.2) is 104 Å². The molecule has 3 aliphatic rings. The second kappa shape index (κ2) is 20.9. The smallest absolute Gasteiger partial charge is 0.234 e. The van der Waals surface area contributed by atoms with Crippen molar-refractivity contribution in [2.24, 2.45) is 5.92 Å². The van der Waals surface area contributed by atoms with E-state index in [1.54, 1.807) is 51.5 Å². The first-order valence-corrected chi connectivity index (χ1v) is 27.0. The van der Waals surface area contributed by atoms with Gasteiger partial charge in [0.15, 0.2) is 0 Å². The highest BCUT2D eigenvalue weighted by molar-refractivity contribution is 9.10. The zero-order valence-electron chi connectivity index (χ0n) is 40.2. The lowest BCUT2D eigenvalue weighted by molar-refractivity contribution is -0.134. The number of nitrogens with zero attached hydrogens (tertiary/aromatic N) is 5.